The van der Waals surface area contributed by atoms with E-state index < -0.39 is 0 Å². The van der Waals surface area contributed by atoms with Gasteiger partial charge in [-0.05, 0) is 20.0 Å². The molecular formula is C13H21N5O. The molecule has 0 atom stereocenters. The minimum absolute atomic E-state index is 0.0507. The number of aromatic nitrogens is 2. The van der Waals surface area contributed by atoms with Crippen LogP contribution in [0.2, 0.25) is 0 Å². The molecule has 0 spiro atoms. The Balaban J connectivity index is 1.51. The fourth-order valence-corrected chi connectivity index (χ4v) is 2.73. The second kappa shape index (κ2) is 4.94. The summed E-state index contributed by atoms with van der Waals surface area (Å²) in [5.41, 5.74) is 1.47. The van der Waals surface area contributed by atoms with Crippen LogP contribution in [0.15, 0.2) is 6.07 Å². The van der Waals surface area contributed by atoms with E-state index in [2.05, 4.69) is 27.0 Å². The molecule has 0 aliphatic carbocycles. The van der Waals surface area contributed by atoms with Crippen molar-refractivity contribution in [1.29, 1.82) is 0 Å². The molecule has 6 heteroatoms. The standard InChI is InChI=1S/C13H21N5O/c1-10-7-12(15-14-10)13(19)18-8-11(9-18)17-5-3-16(2)4-6-17/h7,11H,3-6,8-9H2,1-2H3,(H,14,15). The maximum atomic E-state index is 12.1. The molecule has 0 bridgehead atoms. The third-order valence-electron chi connectivity index (χ3n) is 4.13. The molecule has 3 rings (SSSR count). The topological polar surface area (TPSA) is 55.5 Å². The fraction of sp³-hybridized carbons (Fsp3) is 0.692. The van der Waals surface area contributed by atoms with Crippen LogP contribution >= 0.6 is 0 Å². The normalized spacial score (nSPS) is 22.5. The van der Waals surface area contributed by atoms with Crippen molar-refractivity contribution in [3.63, 3.8) is 0 Å². The number of carbonyl (C=O) groups excluding carboxylic acids is 1. The van der Waals surface area contributed by atoms with E-state index in [-0.39, 0.29) is 5.91 Å². The molecule has 1 aromatic heterocycles. The van der Waals surface area contributed by atoms with Gasteiger partial charge in [0.25, 0.3) is 5.91 Å². The van der Waals surface area contributed by atoms with E-state index in [0.29, 0.717) is 11.7 Å². The lowest BCUT2D eigenvalue weighted by molar-refractivity contribution is 0.0107. The van der Waals surface area contributed by atoms with Crippen molar-refractivity contribution in [2.24, 2.45) is 0 Å². The first-order valence-electron chi connectivity index (χ1n) is 6.87. The van der Waals surface area contributed by atoms with Crippen molar-refractivity contribution in [3.05, 3.63) is 17.5 Å². The van der Waals surface area contributed by atoms with Gasteiger partial charge >= 0.3 is 0 Å². The van der Waals surface area contributed by atoms with Gasteiger partial charge in [-0.15, -0.1) is 0 Å². The van der Waals surface area contributed by atoms with Gasteiger partial charge in [0.05, 0.1) is 0 Å². The molecule has 2 aliphatic rings. The van der Waals surface area contributed by atoms with Crippen molar-refractivity contribution < 1.29 is 4.79 Å². The summed E-state index contributed by atoms with van der Waals surface area (Å²) in [7, 11) is 2.16. The van der Waals surface area contributed by atoms with Crippen LogP contribution in [0.3, 0.4) is 0 Å². The fourth-order valence-electron chi connectivity index (χ4n) is 2.73. The first-order chi connectivity index (χ1) is 9.13. The molecule has 1 amide bonds. The highest BCUT2D eigenvalue weighted by molar-refractivity contribution is 5.93. The van der Waals surface area contributed by atoms with Crippen LogP contribution in [-0.4, -0.2) is 83.2 Å². The minimum atomic E-state index is 0.0507. The quantitative estimate of drug-likeness (QED) is 0.802. The van der Waals surface area contributed by atoms with Gasteiger partial charge < -0.3 is 9.80 Å². The Bertz CT molecular complexity index is 457. The predicted octanol–water partition coefficient (Wildman–Crippen LogP) is -0.210. The lowest BCUT2D eigenvalue weighted by atomic mass is 10.1. The molecule has 6 nitrogen and oxygen atoms in total. The van der Waals surface area contributed by atoms with E-state index in [1.807, 2.05) is 17.9 Å². The van der Waals surface area contributed by atoms with E-state index in [0.717, 1.165) is 45.0 Å². The van der Waals surface area contributed by atoms with Crippen LogP contribution in [0, 0.1) is 6.92 Å². The lowest BCUT2D eigenvalue weighted by Crippen LogP contribution is -2.64. The number of nitrogens with zero attached hydrogens (tertiary/aromatic N) is 4. The number of likely N-dealkylation sites (tertiary alicyclic amines) is 1. The number of aryl methyl sites for hydroxylation is 1. The molecule has 104 valence electrons. The zero-order valence-electron chi connectivity index (χ0n) is 11.6. The summed E-state index contributed by atoms with van der Waals surface area (Å²) in [5.74, 6) is 0.0507. The zero-order chi connectivity index (χ0) is 13.4. The van der Waals surface area contributed by atoms with Crippen molar-refractivity contribution >= 4 is 5.91 Å². The monoisotopic (exact) mass is 263 g/mol. The second-order valence-corrected chi connectivity index (χ2v) is 5.64. The van der Waals surface area contributed by atoms with Crippen LogP contribution < -0.4 is 0 Å². The number of nitrogens with one attached hydrogen (secondary N) is 1. The summed E-state index contributed by atoms with van der Waals surface area (Å²) >= 11 is 0. The number of aromatic amines is 1. The third-order valence-corrected chi connectivity index (χ3v) is 4.13. The van der Waals surface area contributed by atoms with Crippen LogP contribution in [0.4, 0.5) is 0 Å². The van der Waals surface area contributed by atoms with Gasteiger partial charge in [0, 0.05) is 51.0 Å². The summed E-state index contributed by atoms with van der Waals surface area (Å²) in [4.78, 5) is 18.9. The number of likely N-dealkylation sites (N-methyl/N-ethyl adjacent to an activating group) is 1. The highest BCUT2D eigenvalue weighted by Crippen LogP contribution is 2.18. The van der Waals surface area contributed by atoms with Gasteiger partial charge in [-0.25, -0.2) is 0 Å². The number of piperazine rings is 1. The van der Waals surface area contributed by atoms with E-state index in [1.165, 1.54) is 0 Å². The van der Waals surface area contributed by atoms with Crippen LogP contribution in [-0.2, 0) is 0 Å². The molecule has 0 aromatic carbocycles. The number of carbonyl (C=O) groups is 1. The molecule has 0 unspecified atom stereocenters. The summed E-state index contributed by atoms with van der Waals surface area (Å²) in [6, 6.07) is 2.35. The van der Waals surface area contributed by atoms with Crippen molar-refractivity contribution in [2.75, 3.05) is 46.3 Å². The van der Waals surface area contributed by atoms with Gasteiger partial charge in [-0.3, -0.25) is 14.8 Å². The number of hydrogen-bond donors (Lipinski definition) is 1. The highest BCUT2D eigenvalue weighted by Gasteiger charge is 2.36. The van der Waals surface area contributed by atoms with Gasteiger partial charge in [-0.1, -0.05) is 0 Å². The van der Waals surface area contributed by atoms with Gasteiger partial charge in [0.1, 0.15) is 5.69 Å². The Morgan fingerprint density at radius 2 is 2.00 bits per heavy atom. The maximum Gasteiger partial charge on any atom is 0.274 e. The Morgan fingerprint density at radius 3 is 2.58 bits per heavy atom. The van der Waals surface area contributed by atoms with E-state index in [4.69, 9.17) is 0 Å². The highest BCUT2D eigenvalue weighted by atomic mass is 16.2. The summed E-state index contributed by atoms with van der Waals surface area (Å²) < 4.78 is 0. The molecular weight excluding hydrogens is 242 g/mol. The third kappa shape index (κ3) is 2.50. The lowest BCUT2D eigenvalue weighted by Gasteiger charge is -2.47. The SMILES string of the molecule is Cc1cc(C(=O)N2CC(N3CCN(C)CC3)C2)n[nH]1. The van der Waals surface area contributed by atoms with Crippen LogP contribution in [0.1, 0.15) is 16.2 Å². The molecule has 0 radical (unpaired) electrons. The van der Waals surface area contributed by atoms with E-state index >= 15 is 0 Å². The summed E-state index contributed by atoms with van der Waals surface area (Å²) in [6.45, 7) is 8.08. The summed E-state index contributed by atoms with van der Waals surface area (Å²) in [6.07, 6.45) is 0. The van der Waals surface area contributed by atoms with Crippen LogP contribution in [0.5, 0.6) is 0 Å². The molecule has 0 saturated carbocycles. The Labute approximate surface area is 113 Å². The number of rotatable bonds is 2. The second-order valence-electron chi connectivity index (χ2n) is 5.64. The molecule has 2 aliphatic heterocycles. The number of hydrogen-bond acceptors (Lipinski definition) is 4. The predicted molar refractivity (Wildman–Crippen MR) is 72.1 cm³/mol. The van der Waals surface area contributed by atoms with Gasteiger partial charge in [0.15, 0.2) is 0 Å². The van der Waals surface area contributed by atoms with E-state index in [1.54, 1.807) is 0 Å². The van der Waals surface area contributed by atoms with Crippen molar-refractivity contribution in [2.45, 2.75) is 13.0 Å². The van der Waals surface area contributed by atoms with E-state index in [9.17, 15) is 4.79 Å². The van der Waals surface area contributed by atoms with Gasteiger partial charge in [-0.2, -0.15) is 5.10 Å². The molecule has 2 fully saturated rings. The number of H-pyrrole nitrogens is 1. The Kier molecular flexibility index (Phi) is 3.28. The maximum absolute atomic E-state index is 12.1. The molecule has 3 heterocycles. The average Bonchev–Trinajstić information content (AvgIpc) is 2.76. The average molecular weight is 263 g/mol. The van der Waals surface area contributed by atoms with Crippen LogP contribution in [0.25, 0.3) is 0 Å². The molecule has 2 saturated heterocycles. The molecule has 19 heavy (non-hydrogen) atoms. The Morgan fingerprint density at radius 1 is 1.32 bits per heavy atom. The van der Waals surface area contributed by atoms with Crippen molar-refractivity contribution in [3.8, 4) is 0 Å². The first kappa shape index (κ1) is 12.6. The minimum Gasteiger partial charge on any atom is -0.334 e. The molecule has 1 aromatic rings. The van der Waals surface area contributed by atoms with Gasteiger partial charge in [0.2, 0.25) is 0 Å². The molecule has 1 N–H and O–H groups in total. The Hall–Kier alpha value is -1.40. The van der Waals surface area contributed by atoms with Crippen molar-refractivity contribution in [1.82, 2.24) is 24.9 Å². The zero-order valence-corrected chi connectivity index (χ0v) is 11.6. The largest absolute Gasteiger partial charge is 0.334 e. The summed E-state index contributed by atoms with van der Waals surface area (Å²) in [5, 5.41) is 6.85. The smallest absolute Gasteiger partial charge is 0.274 e. The first-order valence-corrected chi connectivity index (χ1v) is 6.87. The number of amides is 1.